The molecular weight excluding hydrogens is 142 g/mol. The molecule has 1 rings (SSSR count). The summed E-state index contributed by atoms with van der Waals surface area (Å²) in [6, 6.07) is 7.07. The highest BCUT2D eigenvalue weighted by atomic mass is 16.6. The Kier molecular flexibility index (Phi) is 2.01. The zero-order chi connectivity index (χ0) is 8.27. The topological polar surface area (TPSA) is 43.1 Å². The molecule has 1 aromatic rings. The minimum absolute atomic E-state index is 0.0515. The van der Waals surface area contributed by atoms with Gasteiger partial charge in [-0.1, -0.05) is 12.7 Å². The van der Waals surface area contributed by atoms with Gasteiger partial charge in [0.2, 0.25) is 0 Å². The van der Waals surface area contributed by atoms with Crippen molar-refractivity contribution in [3.63, 3.8) is 0 Å². The molecule has 0 N–H and O–H groups in total. The van der Waals surface area contributed by atoms with Gasteiger partial charge in [-0.15, -0.1) is 0 Å². The highest BCUT2D eigenvalue weighted by Crippen LogP contribution is 2.11. The Hall–Kier alpha value is -1.64. The summed E-state index contributed by atoms with van der Waals surface area (Å²) in [5.74, 6) is 0. The summed E-state index contributed by atoms with van der Waals surface area (Å²) in [7, 11) is 0. The first kappa shape index (κ1) is 7.47. The van der Waals surface area contributed by atoms with Crippen molar-refractivity contribution in [1.29, 1.82) is 0 Å². The average Bonchev–Trinajstić information content (AvgIpc) is 2.05. The Bertz CT molecular complexity index is 277. The number of nitro benzene ring substituents is 1. The highest BCUT2D eigenvalue weighted by Gasteiger charge is 2.01. The van der Waals surface area contributed by atoms with Crippen LogP contribution in [-0.4, -0.2) is 4.92 Å². The standard InChI is InChI=1S/C8H6NO2/c1-2-7-3-5-8(6-4-7)9(10)11/h2-3,5-6H,1H2. The van der Waals surface area contributed by atoms with Crippen LogP contribution >= 0.6 is 0 Å². The largest absolute Gasteiger partial charge is 0.270 e. The van der Waals surface area contributed by atoms with Crippen LogP contribution in [0.25, 0.3) is 6.08 Å². The lowest BCUT2D eigenvalue weighted by atomic mass is 10.2. The first-order valence-electron chi connectivity index (χ1n) is 3.02. The predicted molar refractivity (Wildman–Crippen MR) is 42.0 cm³/mol. The summed E-state index contributed by atoms with van der Waals surface area (Å²) in [4.78, 5) is 9.71. The molecule has 0 fully saturated rings. The molecule has 3 heteroatoms. The molecular formula is C8H6NO2. The molecule has 0 aliphatic carbocycles. The third-order valence-corrected chi connectivity index (χ3v) is 1.25. The average molecular weight is 148 g/mol. The zero-order valence-corrected chi connectivity index (χ0v) is 5.78. The van der Waals surface area contributed by atoms with Crippen molar-refractivity contribution in [3.8, 4) is 0 Å². The lowest BCUT2D eigenvalue weighted by Gasteiger charge is -1.90. The smallest absolute Gasteiger partial charge is 0.258 e. The first-order chi connectivity index (χ1) is 5.24. The van der Waals surface area contributed by atoms with E-state index in [9.17, 15) is 10.1 Å². The summed E-state index contributed by atoms with van der Waals surface area (Å²) in [6.45, 7) is 3.50. The van der Waals surface area contributed by atoms with Gasteiger partial charge in [0.15, 0.2) is 0 Å². The SMILES string of the molecule is C=Cc1[c]cc([N+](=O)[O-])cc1. The van der Waals surface area contributed by atoms with Gasteiger partial charge in [0.1, 0.15) is 0 Å². The molecule has 0 saturated carbocycles. The summed E-state index contributed by atoms with van der Waals surface area (Å²) in [6.07, 6.45) is 1.59. The third-order valence-electron chi connectivity index (χ3n) is 1.25. The normalized spacial score (nSPS) is 9.09. The molecule has 0 unspecified atom stereocenters. The number of hydrogen-bond donors (Lipinski definition) is 0. The van der Waals surface area contributed by atoms with Crippen LogP contribution in [0.2, 0.25) is 0 Å². The van der Waals surface area contributed by atoms with Gasteiger partial charge in [0.25, 0.3) is 5.69 Å². The van der Waals surface area contributed by atoms with Crippen molar-refractivity contribution in [1.82, 2.24) is 0 Å². The van der Waals surface area contributed by atoms with Gasteiger partial charge < -0.3 is 0 Å². The molecule has 3 nitrogen and oxygen atoms in total. The number of nitrogens with zero attached hydrogens (tertiary/aromatic N) is 1. The quantitative estimate of drug-likeness (QED) is 0.475. The van der Waals surface area contributed by atoms with Crippen molar-refractivity contribution in [3.05, 3.63) is 46.5 Å². The highest BCUT2D eigenvalue weighted by molar-refractivity contribution is 5.48. The fourth-order valence-electron chi connectivity index (χ4n) is 0.669. The predicted octanol–water partition coefficient (Wildman–Crippen LogP) is 2.04. The van der Waals surface area contributed by atoms with Gasteiger partial charge in [-0.2, -0.15) is 0 Å². The van der Waals surface area contributed by atoms with Gasteiger partial charge in [0, 0.05) is 12.1 Å². The van der Waals surface area contributed by atoms with E-state index < -0.39 is 4.92 Å². The van der Waals surface area contributed by atoms with E-state index in [2.05, 4.69) is 12.6 Å². The molecule has 0 heterocycles. The van der Waals surface area contributed by atoms with E-state index in [0.717, 1.165) is 5.56 Å². The maximum absolute atomic E-state index is 10.2. The maximum atomic E-state index is 10.2. The Morgan fingerprint density at radius 3 is 2.73 bits per heavy atom. The molecule has 11 heavy (non-hydrogen) atoms. The van der Waals surface area contributed by atoms with Gasteiger partial charge in [-0.3, -0.25) is 10.1 Å². The van der Waals surface area contributed by atoms with Crippen LogP contribution in [0.1, 0.15) is 5.56 Å². The van der Waals surface area contributed by atoms with Crippen molar-refractivity contribution in [2.75, 3.05) is 0 Å². The minimum atomic E-state index is -0.455. The second-order valence-corrected chi connectivity index (χ2v) is 1.96. The molecule has 0 aromatic heterocycles. The Balaban J connectivity index is 3.00. The van der Waals surface area contributed by atoms with Crippen molar-refractivity contribution < 1.29 is 4.92 Å². The molecule has 0 aliphatic rings. The van der Waals surface area contributed by atoms with E-state index in [-0.39, 0.29) is 5.69 Å². The Morgan fingerprint density at radius 2 is 2.36 bits per heavy atom. The molecule has 0 atom stereocenters. The van der Waals surface area contributed by atoms with Gasteiger partial charge >= 0.3 is 0 Å². The Morgan fingerprint density at radius 1 is 1.64 bits per heavy atom. The van der Waals surface area contributed by atoms with E-state index in [1.54, 1.807) is 12.1 Å². The first-order valence-corrected chi connectivity index (χ1v) is 3.02. The van der Waals surface area contributed by atoms with E-state index >= 15 is 0 Å². The molecule has 0 spiro atoms. The van der Waals surface area contributed by atoms with Crippen LogP contribution in [-0.2, 0) is 0 Å². The number of benzene rings is 1. The number of hydrogen-bond acceptors (Lipinski definition) is 2. The van der Waals surface area contributed by atoms with Crippen molar-refractivity contribution in [2.45, 2.75) is 0 Å². The molecule has 0 aliphatic heterocycles. The minimum Gasteiger partial charge on any atom is -0.258 e. The van der Waals surface area contributed by atoms with Gasteiger partial charge in [-0.05, 0) is 17.7 Å². The summed E-state index contributed by atoms with van der Waals surface area (Å²) >= 11 is 0. The van der Waals surface area contributed by atoms with Crippen molar-refractivity contribution >= 4 is 11.8 Å². The van der Waals surface area contributed by atoms with E-state index in [1.165, 1.54) is 12.1 Å². The third kappa shape index (κ3) is 1.64. The molecule has 0 amide bonds. The maximum Gasteiger partial charge on any atom is 0.270 e. The second-order valence-electron chi connectivity index (χ2n) is 1.96. The number of rotatable bonds is 2. The summed E-state index contributed by atoms with van der Waals surface area (Å²) < 4.78 is 0. The molecule has 1 radical (unpaired) electrons. The second kappa shape index (κ2) is 2.96. The Labute approximate surface area is 64.1 Å². The van der Waals surface area contributed by atoms with E-state index in [1.807, 2.05) is 0 Å². The number of nitro groups is 1. The van der Waals surface area contributed by atoms with E-state index in [0.29, 0.717) is 0 Å². The lowest BCUT2D eigenvalue weighted by molar-refractivity contribution is -0.384. The van der Waals surface area contributed by atoms with Crippen LogP contribution in [0.15, 0.2) is 24.8 Å². The fourth-order valence-corrected chi connectivity index (χ4v) is 0.669. The fraction of sp³-hybridized carbons (Fsp3) is 0. The molecule has 55 valence electrons. The number of non-ortho nitro benzene ring substituents is 1. The van der Waals surface area contributed by atoms with E-state index in [4.69, 9.17) is 0 Å². The van der Waals surface area contributed by atoms with Crippen LogP contribution in [0.3, 0.4) is 0 Å². The molecule has 0 bridgehead atoms. The van der Waals surface area contributed by atoms with Gasteiger partial charge in [-0.25, -0.2) is 0 Å². The molecule has 0 saturated heterocycles. The lowest BCUT2D eigenvalue weighted by Crippen LogP contribution is -1.86. The van der Waals surface area contributed by atoms with Crippen LogP contribution in [0, 0.1) is 16.2 Å². The summed E-state index contributed by atoms with van der Waals surface area (Å²) in [5.41, 5.74) is 0.811. The zero-order valence-electron chi connectivity index (χ0n) is 5.78. The van der Waals surface area contributed by atoms with Crippen LogP contribution in [0.5, 0.6) is 0 Å². The van der Waals surface area contributed by atoms with Crippen molar-refractivity contribution in [2.24, 2.45) is 0 Å². The summed E-state index contributed by atoms with van der Waals surface area (Å²) in [5, 5.41) is 10.2. The van der Waals surface area contributed by atoms with Crippen LogP contribution in [0.4, 0.5) is 5.69 Å². The van der Waals surface area contributed by atoms with Crippen LogP contribution < -0.4 is 0 Å². The monoisotopic (exact) mass is 148 g/mol. The molecule has 1 aromatic carbocycles. The van der Waals surface area contributed by atoms with Gasteiger partial charge in [0.05, 0.1) is 4.92 Å².